The zero-order chi connectivity index (χ0) is 29.2. The third-order valence-corrected chi connectivity index (χ3v) is 6.06. The van der Waals surface area contributed by atoms with Crippen molar-refractivity contribution in [2.24, 2.45) is 0 Å². The summed E-state index contributed by atoms with van der Waals surface area (Å²) in [7, 11) is 0. The number of hydrogen-bond acceptors (Lipinski definition) is 5. The normalized spacial score (nSPS) is 10.1. The van der Waals surface area contributed by atoms with Crippen LogP contribution < -0.4 is 0 Å². The fraction of sp³-hybridized carbons (Fsp3) is 0.0571. The smallest absolute Gasteiger partial charge is 0.338 e. The largest absolute Gasteiger partial charge is 0.458 e. The molecule has 202 valence electrons. The van der Waals surface area contributed by atoms with Gasteiger partial charge in [0.2, 0.25) is 0 Å². The molecule has 4 rings (SSSR count). The molecule has 0 unspecified atom stereocenters. The van der Waals surface area contributed by atoms with E-state index in [1.54, 1.807) is 18.2 Å². The van der Waals surface area contributed by atoms with Gasteiger partial charge in [-0.05, 0) is 70.3 Å². The highest BCUT2D eigenvalue weighted by Gasteiger charge is 2.09. The summed E-state index contributed by atoms with van der Waals surface area (Å²) in [5.41, 5.74) is 5.56. The molecular formula is C35H25FO5. The minimum Gasteiger partial charge on any atom is -0.458 e. The van der Waals surface area contributed by atoms with Crippen molar-refractivity contribution in [3.8, 4) is 34.1 Å². The van der Waals surface area contributed by atoms with E-state index in [1.807, 2.05) is 54.6 Å². The van der Waals surface area contributed by atoms with Crippen molar-refractivity contribution in [3.05, 3.63) is 144 Å². The van der Waals surface area contributed by atoms with Gasteiger partial charge < -0.3 is 9.47 Å². The molecule has 0 saturated heterocycles. The standard InChI is InChI=1S/C35H25FO5/c1-3-32(37)23-41-35(39)30-13-6-24(7-14-30)5-12-29-19-20-31(21-33(29)36)28-17-15-27(16-18-28)26-10-8-25(9-11-26)22-40-34(38)4-2/h3-4,6-11,13-21H,1-2,22-23H2. The number of carbonyl (C=O) groups is 3. The summed E-state index contributed by atoms with van der Waals surface area (Å²) in [6.45, 7) is 6.52. The maximum atomic E-state index is 14.9. The van der Waals surface area contributed by atoms with Crippen LogP contribution in [0.4, 0.5) is 4.39 Å². The first-order valence-electron chi connectivity index (χ1n) is 12.6. The first-order valence-corrected chi connectivity index (χ1v) is 12.6. The molecule has 0 saturated carbocycles. The fourth-order valence-corrected chi connectivity index (χ4v) is 3.77. The van der Waals surface area contributed by atoms with Gasteiger partial charge in [-0.25, -0.2) is 14.0 Å². The quantitative estimate of drug-likeness (QED) is 0.133. The average molecular weight is 545 g/mol. The van der Waals surface area contributed by atoms with E-state index in [2.05, 4.69) is 25.0 Å². The van der Waals surface area contributed by atoms with Crippen molar-refractivity contribution in [1.82, 2.24) is 0 Å². The van der Waals surface area contributed by atoms with E-state index in [9.17, 15) is 18.8 Å². The van der Waals surface area contributed by atoms with Crippen LogP contribution >= 0.6 is 0 Å². The molecule has 0 radical (unpaired) electrons. The van der Waals surface area contributed by atoms with Gasteiger partial charge in [0, 0.05) is 11.6 Å². The Morgan fingerprint density at radius 1 is 0.707 bits per heavy atom. The van der Waals surface area contributed by atoms with Crippen LogP contribution in [-0.2, 0) is 25.7 Å². The summed E-state index contributed by atoms with van der Waals surface area (Å²) >= 11 is 0. The molecule has 0 N–H and O–H groups in total. The first kappa shape index (κ1) is 28.5. The summed E-state index contributed by atoms with van der Waals surface area (Å²) in [5.74, 6) is 3.79. The van der Waals surface area contributed by atoms with E-state index < -0.39 is 17.8 Å². The molecule has 0 heterocycles. The minimum absolute atomic E-state index is 0.180. The van der Waals surface area contributed by atoms with Crippen LogP contribution in [0, 0.1) is 17.7 Å². The Balaban J connectivity index is 1.40. The van der Waals surface area contributed by atoms with Gasteiger partial charge in [-0.3, -0.25) is 4.79 Å². The number of ketones is 1. The lowest BCUT2D eigenvalue weighted by Crippen LogP contribution is -2.11. The molecular weight excluding hydrogens is 519 g/mol. The van der Waals surface area contributed by atoms with Gasteiger partial charge in [-0.15, -0.1) is 0 Å². The predicted octanol–water partition coefficient (Wildman–Crippen LogP) is 6.70. The molecule has 0 bridgehead atoms. The SMILES string of the molecule is C=CC(=O)COC(=O)c1ccc(C#Cc2ccc(-c3ccc(-c4ccc(COC(=O)C=C)cc4)cc3)cc2F)cc1. The third-order valence-electron chi connectivity index (χ3n) is 6.06. The van der Waals surface area contributed by atoms with Gasteiger partial charge in [0.25, 0.3) is 0 Å². The number of ether oxygens (including phenoxy) is 2. The molecule has 0 aliphatic rings. The van der Waals surface area contributed by atoms with Crippen LogP contribution in [0.1, 0.15) is 27.0 Å². The first-order chi connectivity index (χ1) is 19.9. The molecule has 4 aromatic rings. The Labute approximate surface area is 237 Å². The van der Waals surface area contributed by atoms with Crippen molar-refractivity contribution in [2.75, 3.05) is 6.61 Å². The third kappa shape index (κ3) is 7.75. The van der Waals surface area contributed by atoms with Crippen molar-refractivity contribution >= 4 is 17.7 Å². The number of hydrogen-bond donors (Lipinski definition) is 0. The number of esters is 2. The van der Waals surface area contributed by atoms with Gasteiger partial charge in [-0.1, -0.05) is 79.6 Å². The molecule has 41 heavy (non-hydrogen) atoms. The van der Waals surface area contributed by atoms with Crippen molar-refractivity contribution in [1.29, 1.82) is 0 Å². The summed E-state index contributed by atoms with van der Waals surface area (Å²) < 4.78 is 24.8. The van der Waals surface area contributed by atoms with Crippen molar-refractivity contribution in [2.45, 2.75) is 6.61 Å². The Morgan fingerprint density at radius 2 is 1.29 bits per heavy atom. The summed E-state index contributed by atoms with van der Waals surface area (Å²) in [4.78, 5) is 34.4. The molecule has 0 amide bonds. The van der Waals surface area contributed by atoms with Crippen LogP contribution in [-0.4, -0.2) is 24.3 Å². The topological polar surface area (TPSA) is 69.7 Å². The van der Waals surface area contributed by atoms with E-state index in [4.69, 9.17) is 9.47 Å². The Bertz CT molecular complexity index is 1660. The Morgan fingerprint density at radius 3 is 1.88 bits per heavy atom. The molecule has 0 spiro atoms. The molecule has 0 aliphatic heterocycles. The minimum atomic E-state index is -0.629. The zero-order valence-electron chi connectivity index (χ0n) is 22.1. The lowest BCUT2D eigenvalue weighted by atomic mass is 9.99. The van der Waals surface area contributed by atoms with Crippen LogP contribution in [0.3, 0.4) is 0 Å². The highest BCUT2D eigenvalue weighted by Crippen LogP contribution is 2.26. The number of carbonyl (C=O) groups excluding carboxylic acids is 3. The van der Waals surface area contributed by atoms with Crippen LogP contribution in [0.2, 0.25) is 0 Å². The Hall–Kier alpha value is -5.54. The molecule has 5 nitrogen and oxygen atoms in total. The van der Waals surface area contributed by atoms with E-state index >= 15 is 0 Å². The lowest BCUT2D eigenvalue weighted by Gasteiger charge is -2.07. The highest BCUT2D eigenvalue weighted by molar-refractivity contribution is 5.94. The van der Waals surface area contributed by atoms with E-state index in [0.29, 0.717) is 5.56 Å². The summed E-state index contributed by atoms with van der Waals surface area (Å²) in [6.07, 6.45) is 2.22. The van der Waals surface area contributed by atoms with Crippen LogP contribution in [0.5, 0.6) is 0 Å². The molecule has 0 aliphatic carbocycles. The second kappa shape index (κ2) is 13.5. The maximum Gasteiger partial charge on any atom is 0.338 e. The molecule has 0 atom stereocenters. The Kier molecular flexibility index (Phi) is 9.37. The molecule has 0 aromatic heterocycles. The summed E-state index contributed by atoms with van der Waals surface area (Å²) in [5, 5.41) is 0. The van der Waals surface area contributed by atoms with Crippen LogP contribution in [0.15, 0.2) is 116 Å². The zero-order valence-corrected chi connectivity index (χ0v) is 22.1. The number of halogens is 1. The van der Waals surface area contributed by atoms with Gasteiger partial charge in [0.15, 0.2) is 12.4 Å². The average Bonchev–Trinajstić information content (AvgIpc) is 3.02. The molecule has 0 fully saturated rings. The molecule has 4 aromatic carbocycles. The second-order valence-corrected chi connectivity index (χ2v) is 8.85. The van der Waals surface area contributed by atoms with Crippen molar-refractivity contribution < 1.29 is 28.2 Å². The number of rotatable bonds is 9. The second-order valence-electron chi connectivity index (χ2n) is 8.85. The van der Waals surface area contributed by atoms with Gasteiger partial charge in [-0.2, -0.15) is 0 Å². The number of benzene rings is 4. The van der Waals surface area contributed by atoms with E-state index in [0.717, 1.165) is 40.0 Å². The fourth-order valence-electron chi connectivity index (χ4n) is 3.77. The predicted molar refractivity (Wildman–Crippen MR) is 155 cm³/mol. The monoisotopic (exact) mass is 544 g/mol. The molecule has 6 heteroatoms. The van der Waals surface area contributed by atoms with Gasteiger partial charge >= 0.3 is 11.9 Å². The lowest BCUT2D eigenvalue weighted by molar-refractivity contribution is -0.139. The van der Waals surface area contributed by atoms with Gasteiger partial charge in [0.05, 0.1) is 11.1 Å². The van der Waals surface area contributed by atoms with E-state index in [1.165, 1.54) is 18.2 Å². The maximum absolute atomic E-state index is 14.9. The van der Waals surface area contributed by atoms with E-state index in [-0.39, 0.29) is 30.1 Å². The van der Waals surface area contributed by atoms with Gasteiger partial charge in [0.1, 0.15) is 12.4 Å². The highest BCUT2D eigenvalue weighted by atomic mass is 19.1. The van der Waals surface area contributed by atoms with Crippen LogP contribution in [0.25, 0.3) is 22.3 Å². The van der Waals surface area contributed by atoms with Crippen molar-refractivity contribution in [3.63, 3.8) is 0 Å². The summed E-state index contributed by atoms with van der Waals surface area (Å²) in [6, 6.07) is 26.7.